The Morgan fingerprint density at radius 1 is 1.38 bits per heavy atom. The lowest BCUT2D eigenvalue weighted by Crippen LogP contribution is -2.04. The average Bonchev–Trinajstić information content (AvgIpc) is 2.53. The van der Waals surface area contributed by atoms with Gasteiger partial charge in [-0.2, -0.15) is 0 Å². The molecule has 0 fully saturated rings. The molecule has 0 aliphatic heterocycles. The topological polar surface area (TPSA) is 84.4 Å². The highest BCUT2D eigenvalue weighted by Gasteiger charge is 2.11. The lowest BCUT2D eigenvalue weighted by atomic mass is 10.1. The first-order chi connectivity index (χ1) is 10.2. The third kappa shape index (κ3) is 3.45. The first-order valence-electron chi connectivity index (χ1n) is 6.26. The molecule has 0 bridgehead atoms. The smallest absolute Gasteiger partial charge is 0.0978 e. The number of allylic oxidation sites excluding steroid dienone is 1. The van der Waals surface area contributed by atoms with Crippen LogP contribution in [0.1, 0.15) is 11.4 Å². The van der Waals surface area contributed by atoms with E-state index in [0.29, 0.717) is 27.7 Å². The SMILES string of the molecule is CN=CC(=CN)c1nc(-c2ccc(Cl)cc2)cnc1CO. The largest absolute Gasteiger partial charge is 0.404 e. The van der Waals surface area contributed by atoms with E-state index in [0.717, 1.165) is 5.56 Å². The van der Waals surface area contributed by atoms with Gasteiger partial charge in [0, 0.05) is 35.6 Å². The third-order valence-electron chi connectivity index (χ3n) is 2.86. The Morgan fingerprint density at radius 2 is 2.10 bits per heavy atom. The standard InChI is InChI=1S/C15H15ClN4O/c1-18-7-11(6-17)15-14(9-21)19-8-13(20-15)10-2-4-12(16)5-3-10/h2-8,21H,9,17H2,1H3. The zero-order valence-corrected chi connectivity index (χ0v) is 12.2. The predicted octanol–water partition coefficient (Wildman–Crippen LogP) is 2.29. The van der Waals surface area contributed by atoms with Crippen LogP contribution in [-0.4, -0.2) is 28.3 Å². The van der Waals surface area contributed by atoms with Crippen molar-refractivity contribution in [3.63, 3.8) is 0 Å². The van der Waals surface area contributed by atoms with Gasteiger partial charge in [0.25, 0.3) is 0 Å². The van der Waals surface area contributed by atoms with Gasteiger partial charge in [0.15, 0.2) is 0 Å². The molecule has 2 rings (SSSR count). The Balaban J connectivity index is 2.54. The van der Waals surface area contributed by atoms with Crippen LogP contribution in [0.15, 0.2) is 41.7 Å². The van der Waals surface area contributed by atoms with Crippen molar-refractivity contribution >= 4 is 23.4 Å². The lowest BCUT2D eigenvalue weighted by molar-refractivity contribution is 0.276. The minimum Gasteiger partial charge on any atom is -0.404 e. The maximum atomic E-state index is 9.40. The minimum atomic E-state index is -0.224. The molecule has 5 nitrogen and oxygen atoms in total. The number of aliphatic hydroxyl groups is 1. The fraction of sp³-hybridized carbons (Fsp3) is 0.133. The van der Waals surface area contributed by atoms with Crippen molar-refractivity contribution in [2.45, 2.75) is 6.61 Å². The predicted molar refractivity (Wildman–Crippen MR) is 85.0 cm³/mol. The average molecular weight is 303 g/mol. The molecule has 1 heterocycles. The van der Waals surface area contributed by atoms with E-state index in [-0.39, 0.29) is 6.61 Å². The molecular formula is C15H15ClN4O. The highest BCUT2D eigenvalue weighted by molar-refractivity contribution is 6.30. The molecule has 6 heteroatoms. The van der Waals surface area contributed by atoms with E-state index in [4.69, 9.17) is 17.3 Å². The van der Waals surface area contributed by atoms with E-state index in [1.165, 1.54) is 6.20 Å². The van der Waals surface area contributed by atoms with Crippen LogP contribution in [0.5, 0.6) is 0 Å². The number of benzene rings is 1. The van der Waals surface area contributed by atoms with Gasteiger partial charge >= 0.3 is 0 Å². The molecule has 0 amide bonds. The number of rotatable bonds is 4. The molecule has 1 aromatic heterocycles. The summed E-state index contributed by atoms with van der Waals surface area (Å²) in [6.07, 6.45) is 4.58. The van der Waals surface area contributed by atoms with Crippen LogP contribution in [0, 0.1) is 0 Å². The number of nitrogens with zero attached hydrogens (tertiary/aromatic N) is 3. The van der Waals surface area contributed by atoms with Crippen LogP contribution in [0.2, 0.25) is 5.02 Å². The van der Waals surface area contributed by atoms with Crippen LogP contribution >= 0.6 is 11.6 Å². The van der Waals surface area contributed by atoms with Crippen molar-refractivity contribution in [3.05, 3.63) is 53.1 Å². The zero-order chi connectivity index (χ0) is 15.2. The van der Waals surface area contributed by atoms with Crippen LogP contribution in [0.4, 0.5) is 0 Å². The third-order valence-corrected chi connectivity index (χ3v) is 3.11. The van der Waals surface area contributed by atoms with E-state index in [2.05, 4.69) is 15.0 Å². The highest BCUT2D eigenvalue weighted by atomic mass is 35.5. The fourth-order valence-electron chi connectivity index (χ4n) is 1.84. The van der Waals surface area contributed by atoms with Crippen LogP contribution in [0.25, 0.3) is 16.8 Å². The maximum Gasteiger partial charge on any atom is 0.0978 e. The van der Waals surface area contributed by atoms with E-state index in [1.807, 2.05) is 12.1 Å². The molecule has 0 unspecified atom stereocenters. The molecule has 0 spiro atoms. The van der Waals surface area contributed by atoms with Crippen LogP contribution < -0.4 is 5.73 Å². The van der Waals surface area contributed by atoms with Crippen molar-refractivity contribution in [3.8, 4) is 11.3 Å². The Kier molecular flexibility index (Phi) is 5.03. The number of hydrogen-bond donors (Lipinski definition) is 2. The van der Waals surface area contributed by atoms with Gasteiger partial charge < -0.3 is 10.8 Å². The zero-order valence-electron chi connectivity index (χ0n) is 11.5. The molecular weight excluding hydrogens is 288 g/mol. The number of nitrogens with two attached hydrogens (primary N) is 1. The number of hydrogen-bond acceptors (Lipinski definition) is 5. The molecule has 0 aliphatic rings. The first kappa shape index (κ1) is 15.2. The van der Waals surface area contributed by atoms with E-state index >= 15 is 0 Å². The van der Waals surface area contributed by atoms with Gasteiger partial charge in [-0.1, -0.05) is 23.7 Å². The monoisotopic (exact) mass is 302 g/mol. The summed E-state index contributed by atoms with van der Waals surface area (Å²) in [6, 6.07) is 7.28. The molecule has 21 heavy (non-hydrogen) atoms. The fourth-order valence-corrected chi connectivity index (χ4v) is 1.97. The maximum absolute atomic E-state index is 9.40. The van der Waals surface area contributed by atoms with Gasteiger partial charge in [-0.3, -0.25) is 9.98 Å². The summed E-state index contributed by atoms with van der Waals surface area (Å²) in [4.78, 5) is 12.7. The molecule has 0 atom stereocenters. The highest BCUT2D eigenvalue weighted by Crippen LogP contribution is 2.22. The van der Waals surface area contributed by atoms with Crippen molar-refractivity contribution in [1.29, 1.82) is 0 Å². The quantitative estimate of drug-likeness (QED) is 0.849. The molecule has 0 aliphatic carbocycles. The molecule has 0 saturated heterocycles. The summed E-state index contributed by atoms with van der Waals surface area (Å²) < 4.78 is 0. The summed E-state index contributed by atoms with van der Waals surface area (Å²) in [5, 5.41) is 10.0. The Morgan fingerprint density at radius 3 is 2.67 bits per heavy atom. The second kappa shape index (κ2) is 6.97. The summed E-state index contributed by atoms with van der Waals surface area (Å²) in [5.41, 5.74) is 8.71. The van der Waals surface area contributed by atoms with Gasteiger partial charge in [0.1, 0.15) is 0 Å². The summed E-state index contributed by atoms with van der Waals surface area (Å²) in [7, 11) is 1.64. The van der Waals surface area contributed by atoms with E-state index < -0.39 is 0 Å². The lowest BCUT2D eigenvalue weighted by Gasteiger charge is -2.09. The van der Waals surface area contributed by atoms with E-state index in [9.17, 15) is 5.11 Å². The normalized spacial score (nSPS) is 12.0. The molecule has 1 aromatic carbocycles. The van der Waals surface area contributed by atoms with Crippen molar-refractivity contribution < 1.29 is 5.11 Å². The van der Waals surface area contributed by atoms with E-state index in [1.54, 1.807) is 31.6 Å². The van der Waals surface area contributed by atoms with Crippen molar-refractivity contribution in [2.75, 3.05) is 7.05 Å². The Labute approximate surface area is 127 Å². The minimum absolute atomic E-state index is 0.224. The van der Waals surface area contributed by atoms with Gasteiger partial charge in [-0.15, -0.1) is 0 Å². The number of halogens is 1. The van der Waals surface area contributed by atoms with Gasteiger partial charge in [-0.05, 0) is 12.1 Å². The van der Waals surface area contributed by atoms with Gasteiger partial charge in [-0.25, -0.2) is 4.98 Å². The molecule has 3 N–H and O–H groups in total. The summed E-state index contributed by atoms with van der Waals surface area (Å²) in [5.74, 6) is 0. The summed E-state index contributed by atoms with van der Waals surface area (Å²) in [6.45, 7) is -0.224. The van der Waals surface area contributed by atoms with Crippen molar-refractivity contribution in [2.24, 2.45) is 10.7 Å². The number of aliphatic imine (C=N–C) groups is 1. The molecule has 108 valence electrons. The summed E-state index contributed by atoms with van der Waals surface area (Å²) >= 11 is 5.88. The number of aromatic nitrogens is 2. The second-order valence-corrected chi connectivity index (χ2v) is 4.66. The van der Waals surface area contributed by atoms with Gasteiger partial charge in [0.05, 0.1) is 29.9 Å². The molecule has 2 aromatic rings. The second-order valence-electron chi connectivity index (χ2n) is 4.22. The van der Waals surface area contributed by atoms with Gasteiger partial charge in [0.2, 0.25) is 0 Å². The Bertz CT molecular complexity index is 681. The Hall–Kier alpha value is -2.24. The van der Waals surface area contributed by atoms with Crippen molar-refractivity contribution in [1.82, 2.24) is 9.97 Å². The van der Waals surface area contributed by atoms with Crippen LogP contribution in [0.3, 0.4) is 0 Å². The van der Waals surface area contributed by atoms with Crippen LogP contribution in [-0.2, 0) is 6.61 Å². The first-order valence-corrected chi connectivity index (χ1v) is 6.64. The molecule has 0 radical (unpaired) electrons. The molecule has 0 saturated carbocycles. The number of aliphatic hydroxyl groups excluding tert-OH is 1.